The summed E-state index contributed by atoms with van der Waals surface area (Å²) in [5.41, 5.74) is 2.84. The van der Waals surface area contributed by atoms with Gasteiger partial charge in [0.15, 0.2) is 0 Å². The SMILES string of the molecule is CCCC(=O)N1CCC[C@H](c2nc(Nc3ccccc3)cc(-c3ccncc3)n2)C1. The highest BCUT2D eigenvalue weighted by molar-refractivity contribution is 5.76. The van der Waals surface area contributed by atoms with Gasteiger partial charge in [0, 0.05) is 55.1 Å². The Morgan fingerprint density at radius 2 is 1.93 bits per heavy atom. The molecule has 30 heavy (non-hydrogen) atoms. The molecule has 0 aliphatic carbocycles. The lowest BCUT2D eigenvalue weighted by Crippen LogP contribution is -2.39. The van der Waals surface area contributed by atoms with E-state index < -0.39 is 0 Å². The number of hydrogen-bond acceptors (Lipinski definition) is 5. The molecule has 0 unspecified atom stereocenters. The minimum atomic E-state index is 0.137. The zero-order valence-corrected chi connectivity index (χ0v) is 17.3. The van der Waals surface area contributed by atoms with E-state index in [2.05, 4.69) is 10.3 Å². The molecule has 154 valence electrons. The maximum Gasteiger partial charge on any atom is 0.222 e. The molecule has 4 rings (SSSR count). The summed E-state index contributed by atoms with van der Waals surface area (Å²) in [6.07, 6.45) is 6.98. The van der Waals surface area contributed by atoms with Gasteiger partial charge in [-0.05, 0) is 43.5 Å². The number of carbonyl (C=O) groups is 1. The molecular weight excluding hydrogens is 374 g/mol. The van der Waals surface area contributed by atoms with Crippen LogP contribution in [0.5, 0.6) is 0 Å². The lowest BCUT2D eigenvalue weighted by molar-refractivity contribution is -0.132. The van der Waals surface area contributed by atoms with Crippen LogP contribution < -0.4 is 5.32 Å². The van der Waals surface area contributed by atoms with Crippen LogP contribution in [0.3, 0.4) is 0 Å². The van der Waals surface area contributed by atoms with Crippen molar-refractivity contribution in [2.45, 2.75) is 38.5 Å². The van der Waals surface area contributed by atoms with Gasteiger partial charge in [0.05, 0.1) is 5.69 Å². The van der Waals surface area contributed by atoms with E-state index in [0.29, 0.717) is 13.0 Å². The third-order valence-electron chi connectivity index (χ3n) is 5.37. The van der Waals surface area contributed by atoms with Crippen molar-refractivity contribution in [3.63, 3.8) is 0 Å². The highest BCUT2D eigenvalue weighted by Crippen LogP contribution is 2.29. The molecule has 1 atom stereocenters. The standard InChI is InChI=1S/C24H27N5O/c1-2-7-23(30)29-15-6-8-19(17-29)24-27-21(18-11-13-25-14-12-18)16-22(28-24)26-20-9-4-3-5-10-20/h3-5,9-14,16,19H,2,6-8,15,17H2,1H3,(H,26,27,28)/t19-/m0/s1. The molecule has 6 heteroatoms. The van der Waals surface area contributed by atoms with E-state index in [-0.39, 0.29) is 11.8 Å². The molecule has 1 aliphatic heterocycles. The fraction of sp³-hybridized carbons (Fsp3) is 0.333. The Kier molecular flexibility index (Phi) is 6.32. The van der Waals surface area contributed by atoms with Crippen LogP contribution in [0.2, 0.25) is 0 Å². The number of nitrogens with one attached hydrogen (secondary N) is 1. The second kappa shape index (κ2) is 9.48. The first-order valence-electron chi connectivity index (χ1n) is 10.6. The number of aromatic nitrogens is 3. The van der Waals surface area contributed by atoms with Crippen LogP contribution in [0.25, 0.3) is 11.3 Å². The van der Waals surface area contributed by atoms with Crippen molar-refractivity contribution in [2.24, 2.45) is 0 Å². The predicted molar refractivity (Wildman–Crippen MR) is 118 cm³/mol. The van der Waals surface area contributed by atoms with Crippen LogP contribution in [-0.4, -0.2) is 38.8 Å². The number of amides is 1. The van der Waals surface area contributed by atoms with Gasteiger partial charge >= 0.3 is 0 Å². The Balaban J connectivity index is 1.66. The monoisotopic (exact) mass is 401 g/mol. The summed E-state index contributed by atoms with van der Waals surface area (Å²) < 4.78 is 0. The zero-order valence-electron chi connectivity index (χ0n) is 17.3. The number of piperidine rings is 1. The fourth-order valence-corrected chi connectivity index (χ4v) is 3.84. The molecular formula is C24H27N5O. The topological polar surface area (TPSA) is 71.0 Å². The molecule has 0 spiro atoms. The third kappa shape index (κ3) is 4.82. The van der Waals surface area contributed by atoms with Gasteiger partial charge in [-0.3, -0.25) is 9.78 Å². The van der Waals surface area contributed by atoms with Crippen molar-refractivity contribution >= 4 is 17.4 Å². The molecule has 0 bridgehead atoms. The smallest absolute Gasteiger partial charge is 0.222 e. The molecule has 2 aromatic heterocycles. The summed E-state index contributed by atoms with van der Waals surface area (Å²) in [4.78, 5) is 28.3. The molecule has 1 saturated heterocycles. The number of pyridine rings is 1. The molecule has 1 fully saturated rings. The second-order valence-corrected chi connectivity index (χ2v) is 7.65. The number of anilines is 2. The predicted octanol–water partition coefficient (Wildman–Crippen LogP) is 4.79. The van der Waals surface area contributed by atoms with Crippen LogP contribution >= 0.6 is 0 Å². The Hall–Kier alpha value is -3.28. The van der Waals surface area contributed by atoms with E-state index in [4.69, 9.17) is 9.97 Å². The number of rotatable bonds is 6. The first-order valence-corrected chi connectivity index (χ1v) is 10.6. The molecule has 1 N–H and O–H groups in total. The summed E-state index contributed by atoms with van der Waals surface area (Å²) >= 11 is 0. The minimum Gasteiger partial charge on any atom is -0.342 e. The van der Waals surface area contributed by atoms with Crippen molar-refractivity contribution < 1.29 is 4.79 Å². The normalized spacial score (nSPS) is 16.3. The highest BCUT2D eigenvalue weighted by atomic mass is 16.2. The van der Waals surface area contributed by atoms with Gasteiger partial charge in [0.1, 0.15) is 11.6 Å². The van der Waals surface area contributed by atoms with Gasteiger partial charge in [-0.25, -0.2) is 9.97 Å². The van der Waals surface area contributed by atoms with Crippen molar-refractivity contribution in [1.29, 1.82) is 0 Å². The van der Waals surface area contributed by atoms with Gasteiger partial charge < -0.3 is 10.2 Å². The van der Waals surface area contributed by atoms with Crippen LogP contribution in [0.4, 0.5) is 11.5 Å². The van der Waals surface area contributed by atoms with Crippen LogP contribution in [0, 0.1) is 0 Å². The van der Waals surface area contributed by atoms with Gasteiger partial charge in [-0.1, -0.05) is 25.1 Å². The lowest BCUT2D eigenvalue weighted by Gasteiger charge is -2.32. The zero-order chi connectivity index (χ0) is 20.8. The summed E-state index contributed by atoms with van der Waals surface area (Å²) in [5.74, 6) is 1.92. The molecule has 3 heterocycles. The van der Waals surface area contributed by atoms with Gasteiger partial charge in [0.2, 0.25) is 5.91 Å². The molecule has 1 aromatic carbocycles. The van der Waals surface area contributed by atoms with Gasteiger partial charge in [-0.2, -0.15) is 0 Å². The Bertz CT molecular complexity index is 977. The lowest BCUT2D eigenvalue weighted by atomic mass is 9.96. The maximum atomic E-state index is 12.4. The molecule has 1 amide bonds. The Morgan fingerprint density at radius 3 is 2.70 bits per heavy atom. The van der Waals surface area contributed by atoms with Gasteiger partial charge in [0.25, 0.3) is 0 Å². The average Bonchev–Trinajstić information content (AvgIpc) is 2.80. The molecule has 3 aromatic rings. The number of benzene rings is 1. The number of nitrogens with zero attached hydrogens (tertiary/aromatic N) is 4. The van der Waals surface area contributed by atoms with Crippen LogP contribution in [0.15, 0.2) is 60.9 Å². The van der Waals surface area contributed by atoms with Crippen LogP contribution in [0.1, 0.15) is 44.3 Å². The van der Waals surface area contributed by atoms with Crippen molar-refractivity contribution in [2.75, 3.05) is 18.4 Å². The Labute approximate surface area is 177 Å². The van der Waals surface area contributed by atoms with Crippen molar-refractivity contribution in [3.05, 3.63) is 66.7 Å². The highest BCUT2D eigenvalue weighted by Gasteiger charge is 2.27. The van der Waals surface area contributed by atoms with Crippen LogP contribution in [-0.2, 0) is 4.79 Å². The van der Waals surface area contributed by atoms with E-state index in [1.165, 1.54) is 0 Å². The summed E-state index contributed by atoms with van der Waals surface area (Å²) in [6, 6.07) is 15.9. The van der Waals surface area contributed by atoms with Crippen molar-refractivity contribution in [3.8, 4) is 11.3 Å². The number of carbonyl (C=O) groups excluding carboxylic acids is 1. The third-order valence-corrected chi connectivity index (χ3v) is 5.37. The molecule has 0 saturated carbocycles. The quantitative estimate of drug-likeness (QED) is 0.643. The second-order valence-electron chi connectivity index (χ2n) is 7.65. The molecule has 1 aliphatic rings. The summed E-state index contributed by atoms with van der Waals surface area (Å²) in [5, 5.41) is 3.40. The largest absolute Gasteiger partial charge is 0.342 e. The average molecular weight is 402 g/mol. The minimum absolute atomic E-state index is 0.137. The number of likely N-dealkylation sites (tertiary alicyclic amines) is 1. The Morgan fingerprint density at radius 1 is 1.13 bits per heavy atom. The van der Waals surface area contributed by atoms with E-state index in [0.717, 1.165) is 54.4 Å². The molecule has 6 nitrogen and oxygen atoms in total. The first kappa shape index (κ1) is 20.0. The van der Waals surface area contributed by atoms with E-state index >= 15 is 0 Å². The van der Waals surface area contributed by atoms with E-state index in [1.54, 1.807) is 12.4 Å². The first-order chi connectivity index (χ1) is 14.7. The summed E-state index contributed by atoms with van der Waals surface area (Å²) in [6.45, 7) is 3.56. The number of hydrogen-bond donors (Lipinski definition) is 1. The van der Waals surface area contributed by atoms with Gasteiger partial charge in [-0.15, -0.1) is 0 Å². The summed E-state index contributed by atoms with van der Waals surface area (Å²) in [7, 11) is 0. The van der Waals surface area contributed by atoms with Crippen molar-refractivity contribution in [1.82, 2.24) is 19.9 Å². The van der Waals surface area contributed by atoms with E-state index in [9.17, 15) is 4.79 Å². The fourth-order valence-electron chi connectivity index (χ4n) is 3.84. The van der Waals surface area contributed by atoms with E-state index in [1.807, 2.05) is 60.4 Å². The number of para-hydroxylation sites is 1. The maximum absolute atomic E-state index is 12.4. The molecule has 0 radical (unpaired) electrons.